The van der Waals surface area contributed by atoms with Crippen LogP contribution in [0.1, 0.15) is 44.1 Å². The lowest BCUT2D eigenvalue weighted by Crippen LogP contribution is -2.34. The Bertz CT molecular complexity index is 400. The molecular formula is C16H23NO. The molecule has 98 valence electrons. The van der Waals surface area contributed by atoms with Crippen LogP contribution in [0.5, 0.6) is 5.75 Å². The minimum atomic E-state index is 0.416. The molecule has 2 fully saturated rings. The van der Waals surface area contributed by atoms with Gasteiger partial charge in [-0.15, -0.1) is 0 Å². The summed E-state index contributed by atoms with van der Waals surface area (Å²) in [7, 11) is 0. The summed E-state index contributed by atoms with van der Waals surface area (Å²) < 4.78 is 0. The quantitative estimate of drug-likeness (QED) is 0.851. The maximum atomic E-state index is 9.75. The van der Waals surface area contributed by atoms with E-state index in [4.69, 9.17) is 0 Å². The van der Waals surface area contributed by atoms with Gasteiger partial charge in [-0.3, -0.25) is 0 Å². The van der Waals surface area contributed by atoms with Gasteiger partial charge in [0.1, 0.15) is 5.75 Å². The van der Waals surface area contributed by atoms with Crippen molar-refractivity contribution in [3.05, 3.63) is 29.8 Å². The summed E-state index contributed by atoms with van der Waals surface area (Å²) >= 11 is 0. The lowest BCUT2D eigenvalue weighted by atomic mass is 9.82. The van der Waals surface area contributed by atoms with Crippen LogP contribution in [0.2, 0.25) is 0 Å². The Labute approximate surface area is 109 Å². The van der Waals surface area contributed by atoms with E-state index >= 15 is 0 Å². The third kappa shape index (κ3) is 2.86. The van der Waals surface area contributed by atoms with Gasteiger partial charge >= 0.3 is 0 Å². The molecule has 0 radical (unpaired) electrons. The van der Waals surface area contributed by atoms with E-state index in [0.717, 1.165) is 23.9 Å². The highest BCUT2D eigenvalue weighted by Gasteiger charge is 2.34. The molecule has 0 amide bonds. The van der Waals surface area contributed by atoms with Crippen molar-refractivity contribution in [3.63, 3.8) is 0 Å². The van der Waals surface area contributed by atoms with Crippen molar-refractivity contribution in [1.82, 2.24) is 5.32 Å². The highest BCUT2D eigenvalue weighted by Crippen LogP contribution is 2.43. The number of nitrogens with one attached hydrogen (secondary N) is 1. The molecule has 2 aliphatic rings. The first-order chi connectivity index (χ1) is 8.83. The maximum Gasteiger partial charge on any atom is 0.120 e. The van der Waals surface area contributed by atoms with Crippen LogP contribution in [0.4, 0.5) is 0 Å². The Morgan fingerprint density at radius 3 is 2.67 bits per heavy atom. The first kappa shape index (κ1) is 12.0. The molecule has 18 heavy (non-hydrogen) atoms. The molecule has 0 aliphatic heterocycles. The Balaban J connectivity index is 1.52. The molecule has 2 saturated carbocycles. The predicted octanol–water partition coefficient (Wildman–Crippen LogP) is 3.45. The summed E-state index contributed by atoms with van der Waals surface area (Å²) in [6.45, 7) is 0.800. The van der Waals surface area contributed by atoms with Crippen LogP contribution in [0.15, 0.2) is 24.3 Å². The van der Waals surface area contributed by atoms with Crippen molar-refractivity contribution in [3.8, 4) is 5.75 Å². The van der Waals surface area contributed by atoms with E-state index in [1.165, 1.54) is 38.5 Å². The number of hydrogen-bond donors (Lipinski definition) is 2. The lowest BCUT2D eigenvalue weighted by Gasteiger charge is -2.30. The molecule has 2 aliphatic carbocycles. The number of phenolic OH excluding ortho intramolecular Hbond substituents is 1. The number of phenols is 1. The van der Waals surface area contributed by atoms with Gasteiger partial charge in [0.25, 0.3) is 0 Å². The summed E-state index contributed by atoms with van der Waals surface area (Å²) in [6.07, 6.45) is 8.40. The van der Waals surface area contributed by atoms with Gasteiger partial charge < -0.3 is 10.4 Å². The molecule has 0 aromatic heterocycles. The van der Waals surface area contributed by atoms with E-state index in [9.17, 15) is 5.11 Å². The Hall–Kier alpha value is -1.02. The fourth-order valence-electron chi connectivity index (χ4n) is 3.32. The van der Waals surface area contributed by atoms with Crippen molar-refractivity contribution in [2.75, 3.05) is 0 Å². The molecule has 3 rings (SSSR count). The lowest BCUT2D eigenvalue weighted by molar-refractivity contribution is 0.259. The third-order valence-corrected chi connectivity index (χ3v) is 4.58. The summed E-state index contributed by atoms with van der Waals surface area (Å²) in [5, 5.41) is 13.4. The van der Waals surface area contributed by atoms with Crippen LogP contribution in [-0.2, 0) is 6.54 Å². The Kier molecular flexibility index (Phi) is 3.55. The largest absolute Gasteiger partial charge is 0.508 e. The van der Waals surface area contributed by atoms with E-state index in [1.54, 1.807) is 6.07 Å². The number of para-hydroxylation sites is 1. The van der Waals surface area contributed by atoms with Crippen LogP contribution < -0.4 is 5.32 Å². The summed E-state index contributed by atoms with van der Waals surface area (Å²) in [6, 6.07) is 8.30. The molecule has 1 aromatic carbocycles. The zero-order valence-electron chi connectivity index (χ0n) is 10.9. The van der Waals surface area contributed by atoms with Gasteiger partial charge in [0.05, 0.1) is 0 Å². The molecule has 0 spiro atoms. The maximum absolute atomic E-state index is 9.75. The van der Waals surface area contributed by atoms with Crippen molar-refractivity contribution >= 4 is 0 Å². The van der Waals surface area contributed by atoms with Crippen molar-refractivity contribution in [2.45, 2.75) is 51.1 Å². The van der Waals surface area contributed by atoms with Crippen molar-refractivity contribution < 1.29 is 5.11 Å². The molecule has 0 heterocycles. The zero-order valence-corrected chi connectivity index (χ0v) is 10.9. The topological polar surface area (TPSA) is 32.3 Å². The third-order valence-electron chi connectivity index (χ3n) is 4.58. The van der Waals surface area contributed by atoms with Crippen LogP contribution >= 0.6 is 0 Å². The van der Waals surface area contributed by atoms with Gasteiger partial charge in [-0.25, -0.2) is 0 Å². The van der Waals surface area contributed by atoms with Gasteiger partial charge in [-0.1, -0.05) is 31.0 Å². The standard InChI is InChI=1S/C16H23NO/c18-16-7-2-1-4-14(16)11-17-15-6-3-5-13(10-15)12-8-9-12/h1-2,4,7,12-13,15,17-18H,3,5-6,8-11H2. The second-order valence-electron chi connectivity index (χ2n) is 5.97. The zero-order chi connectivity index (χ0) is 12.4. The fourth-order valence-corrected chi connectivity index (χ4v) is 3.32. The normalized spacial score (nSPS) is 28.2. The average Bonchev–Trinajstić information content (AvgIpc) is 3.23. The highest BCUT2D eigenvalue weighted by atomic mass is 16.3. The van der Waals surface area contributed by atoms with Gasteiger partial charge in [0, 0.05) is 18.2 Å². The molecule has 2 N–H and O–H groups in total. The number of rotatable bonds is 4. The van der Waals surface area contributed by atoms with E-state index in [1.807, 2.05) is 18.2 Å². The molecule has 2 atom stereocenters. The molecular weight excluding hydrogens is 222 g/mol. The smallest absolute Gasteiger partial charge is 0.120 e. The van der Waals surface area contributed by atoms with Crippen molar-refractivity contribution in [2.24, 2.45) is 11.8 Å². The van der Waals surface area contributed by atoms with Gasteiger partial charge in [0.2, 0.25) is 0 Å². The summed E-state index contributed by atoms with van der Waals surface area (Å²) in [5.74, 6) is 2.43. The van der Waals surface area contributed by atoms with Gasteiger partial charge in [-0.2, -0.15) is 0 Å². The van der Waals surface area contributed by atoms with Crippen LogP contribution in [0, 0.1) is 11.8 Å². The molecule has 0 saturated heterocycles. The highest BCUT2D eigenvalue weighted by molar-refractivity contribution is 5.31. The van der Waals surface area contributed by atoms with Gasteiger partial charge in [0.15, 0.2) is 0 Å². The van der Waals surface area contributed by atoms with Crippen LogP contribution in [0.25, 0.3) is 0 Å². The molecule has 0 bridgehead atoms. The van der Waals surface area contributed by atoms with E-state index in [2.05, 4.69) is 5.32 Å². The van der Waals surface area contributed by atoms with Gasteiger partial charge in [-0.05, 0) is 43.6 Å². The first-order valence-corrected chi connectivity index (χ1v) is 7.33. The SMILES string of the molecule is Oc1ccccc1CNC1CCCC(C2CC2)C1. The minimum Gasteiger partial charge on any atom is -0.508 e. The van der Waals surface area contributed by atoms with Crippen molar-refractivity contribution in [1.29, 1.82) is 0 Å². The van der Waals surface area contributed by atoms with E-state index in [0.29, 0.717) is 11.8 Å². The van der Waals surface area contributed by atoms with Crippen LogP contribution in [0.3, 0.4) is 0 Å². The van der Waals surface area contributed by atoms with E-state index in [-0.39, 0.29) is 0 Å². The second-order valence-corrected chi connectivity index (χ2v) is 5.97. The predicted molar refractivity (Wildman–Crippen MR) is 73.4 cm³/mol. The Morgan fingerprint density at radius 1 is 1.06 bits per heavy atom. The second kappa shape index (κ2) is 5.31. The number of aromatic hydroxyl groups is 1. The summed E-state index contributed by atoms with van der Waals surface area (Å²) in [4.78, 5) is 0. The monoisotopic (exact) mass is 245 g/mol. The molecule has 2 unspecified atom stereocenters. The first-order valence-electron chi connectivity index (χ1n) is 7.33. The number of benzene rings is 1. The molecule has 1 aromatic rings. The fraction of sp³-hybridized carbons (Fsp3) is 0.625. The van der Waals surface area contributed by atoms with E-state index < -0.39 is 0 Å². The Morgan fingerprint density at radius 2 is 1.89 bits per heavy atom. The minimum absolute atomic E-state index is 0.416. The summed E-state index contributed by atoms with van der Waals surface area (Å²) in [5.41, 5.74) is 1.02. The number of hydrogen-bond acceptors (Lipinski definition) is 2. The molecule has 2 nitrogen and oxygen atoms in total. The van der Waals surface area contributed by atoms with Crippen LogP contribution in [-0.4, -0.2) is 11.1 Å². The molecule has 2 heteroatoms. The average molecular weight is 245 g/mol.